The number of non-ortho nitro benzene ring substituents is 1. The van der Waals surface area contributed by atoms with E-state index in [1.807, 2.05) is 0 Å². The molecule has 0 fully saturated rings. The fraction of sp³-hybridized carbons (Fsp3) is 0.357. The van der Waals surface area contributed by atoms with Crippen LogP contribution in [0.1, 0.15) is 26.7 Å². The van der Waals surface area contributed by atoms with Crippen molar-refractivity contribution in [1.29, 1.82) is 0 Å². The Bertz CT molecular complexity index is 703. The Morgan fingerprint density at radius 1 is 1.30 bits per heavy atom. The topological polar surface area (TPSA) is 120 Å². The van der Waals surface area contributed by atoms with Crippen LogP contribution in [0.25, 0.3) is 11.5 Å². The van der Waals surface area contributed by atoms with Gasteiger partial charge in [-0.2, -0.15) is 0 Å². The molecule has 23 heavy (non-hydrogen) atoms. The van der Waals surface area contributed by atoms with Crippen molar-refractivity contribution < 1.29 is 18.9 Å². The van der Waals surface area contributed by atoms with Gasteiger partial charge in [0.15, 0.2) is 0 Å². The molecule has 2 rings (SSSR count). The van der Waals surface area contributed by atoms with Crippen molar-refractivity contribution in [2.75, 3.05) is 0 Å². The molecule has 1 N–H and O–H groups in total. The number of nitro groups is 1. The monoisotopic (exact) mass is 320 g/mol. The molecule has 0 aliphatic rings. The normalized spacial score (nSPS) is 11.1. The van der Waals surface area contributed by atoms with E-state index in [9.17, 15) is 14.9 Å². The SMILES string of the molecule is CC(C)(C)OC(=O)NCc1nnc(-c2ccc([N+](=O)[O-])cc2)o1. The first-order chi connectivity index (χ1) is 10.7. The van der Waals surface area contributed by atoms with Gasteiger partial charge in [0.05, 0.1) is 11.5 Å². The summed E-state index contributed by atoms with van der Waals surface area (Å²) in [6.07, 6.45) is -0.590. The van der Waals surface area contributed by atoms with Gasteiger partial charge in [-0.1, -0.05) is 0 Å². The number of amides is 1. The summed E-state index contributed by atoms with van der Waals surface area (Å²) in [5.74, 6) is 0.407. The molecule has 122 valence electrons. The van der Waals surface area contributed by atoms with E-state index in [1.54, 1.807) is 20.8 Å². The summed E-state index contributed by atoms with van der Waals surface area (Å²) < 4.78 is 10.5. The lowest BCUT2D eigenvalue weighted by Crippen LogP contribution is -2.32. The number of nitrogens with zero attached hydrogens (tertiary/aromatic N) is 3. The minimum atomic E-state index is -0.594. The zero-order chi connectivity index (χ0) is 17.0. The molecule has 0 aliphatic heterocycles. The Kier molecular flexibility index (Phi) is 4.58. The van der Waals surface area contributed by atoms with E-state index in [0.29, 0.717) is 5.56 Å². The van der Waals surface area contributed by atoms with Gasteiger partial charge in [-0.05, 0) is 32.9 Å². The van der Waals surface area contributed by atoms with Crippen molar-refractivity contribution in [2.24, 2.45) is 0 Å². The first-order valence-electron chi connectivity index (χ1n) is 6.79. The molecule has 9 heteroatoms. The largest absolute Gasteiger partial charge is 0.444 e. The van der Waals surface area contributed by atoms with Gasteiger partial charge in [0, 0.05) is 17.7 Å². The van der Waals surface area contributed by atoms with Crippen molar-refractivity contribution >= 4 is 11.8 Å². The first-order valence-corrected chi connectivity index (χ1v) is 6.79. The van der Waals surface area contributed by atoms with Gasteiger partial charge < -0.3 is 14.5 Å². The van der Waals surface area contributed by atoms with Gasteiger partial charge in [-0.3, -0.25) is 10.1 Å². The summed E-state index contributed by atoms with van der Waals surface area (Å²) in [5.41, 5.74) is -0.0743. The summed E-state index contributed by atoms with van der Waals surface area (Å²) in [6.45, 7) is 5.29. The number of rotatable bonds is 4. The minimum Gasteiger partial charge on any atom is -0.444 e. The third kappa shape index (κ3) is 4.77. The second-order valence-electron chi connectivity index (χ2n) is 5.66. The quantitative estimate of drug-likeness (QED) is 0.679. The van der Waals surface area contributed by atoms with Crippen molar-refractivity contribution in [3.05, 3.63) is 40.3 Å². The average Bonchev–Trinajstić information content (AvgIpc) is 2.92. The van der Waals surface area contributed by atoms with E-state index in [4.69, 9.17) is 9.15 Å². The van der Waals surface area contributed by atoms with Crippen molar-refractivity contribution in [2.45, 2.75) is 32.9 Å². The van der Waals surface area contributed by atoms with E-state index < -0.39 is 16.6 Å². The second-order valence-corrected chi connectivity index (χ2v) is 5.66. The number of carbonyl (C=O) groups is 1. The molecular formula is C14H16N4O5. The zero-order valence-electron chi connectivity index (χ0n) is 12.9. The zero-order valence-corrected chi connectivity index (χ0v) is 12.9. The van der Waals surface area contributed by atoms with E-state index in [1.165, 1.54) is 24.3 Å². The Balaban J connectivity index is 1.98. The standard InChI is InChI=1S/C14H16N4O5/c1-14(2,3)23-13(19)15-8-11-16-17-12(22-11)9-4-6-10(7-5-9)18(20)21/h4-7H,8H2,1-3H3,(H,15,19). The molecule has 1 aromatic heterocycles. The maximum absolute atomic E-state index is 11.5. The summed E-state index contributed by atoms with van der Waals surface area (Å²) in [7, 11) is 0. The van der Waals surface area contributed by atoms with Gasteiger partial charge in [0.25, 0.3) is 5.69 Å². The number of hydrogen-bond donors (Lipinski definition) is 1. The van der Waals surface area contributed by atoms with Crippen LogP contribution in [0, 0.1) is 10.1 Å². The van der Waals surface area contributed by atoms with Crippen LogP contribution in [0.4, 0.5) is 10.5 Å². The highest BCUT2D eigenvalue weighted by Crippen LogP contribution is 2.21. The van der Waals surface area contributed by atoms with E-state index in [2.05, 4.69) is 15.5 Å². The molecule has 2 aromatic rings. The predicted molar refractivity (Wildman–Crippen MR) is 79.5 cm³/mol. The third-order valence-corrected chi connectivity index (χ3v) is 2.57. The number of carbonyl (C=O) groups excluding carboxylic acids is 1. The van der Waals surface area contributed by atoms with Gasteiger partial charge in [-0.25, -0.2) is 4.79 Å². The fourth-order valence-corrected chi connectivity index (χ4v) is 1.63. The highest BCUT2D eigenvalue weighted by molar-refractivity contribution is 5.67. The Labute approximate surface area is 131 Å². The van der Waals surface area contributed by atoms with E-state index >= 15 is 0 Å². The van der Waals surface area contributed by atoms with Crippen LogP contribution in [0.15, 0.2) is 28.7 Å². The maximum atomic E-state index is 11.5. The molecule has 1 amide bonds. The molecule has 1 heterocycles. The Hall–Kier alpha value is -2.97. The molecule has 0 spiro atoms. The molecule has 1 aromatic carbocycles. The average molecular weight is 320 g/mol. The summed E-state index contributed by atoms with van der Waals surface area (Å²) >= 11 is 0. The minimum absolute atomic E-state index is 0.0227. The number of aromatic nitrogens is 2. The van der Waals surface area contributed by atoms with Gasteiger partial charge in [0.1, 0.15) is 5.60 Å². The van der Waals surface area contributed by atoms with Crippen LogP contribution in [-0.2, 0) is 11.3 Å². The number of nitro benzene ring substituents is 1. The molecule has 0 unspecified atom stereocenters. The van der Waals surface area contributed by atoms with E-state index in [-0.39, 0.29) is 24.0 Å². The molecule has 0 bridgehead atoms. The van der Waals surface area contributed by atoms with Crippen LogP contribution in [0.3, 0.4) is 0 Å². The van der Waals surface area contributed by atoms with Gasteiger partial charge >= 0.3 is 6.09 Å². The first kappa shape index (κ1) is 16.4. The molecular weight excluding hydrogens is 304 g/mol. The van der Waals surface area contributed by atoms with Crippen molar-refractivity contribution in [3.63, 3.8) is 0 Å². The van der Waals surface area contributed by atoms with Crippen LogP contribution in [0.5, 0.6) is 0 Å². The summed E-state index contributed by atoms with van der Waals surface area (Å²) in [6, 6.07) is 5.71. The van der Waals surface area contributed by atoms with Crippen LogP contribution in [0.2, 0.25) is 0 Å². The number of nitrogens with one attached hydrogen (secondary N) is 1. The van der Waals surface area contributed by atoms with Crippen molar-refractivity contribution in [3.8, 4) is 11.5 Å². The Morgan fingerprint density at radius 2 is 1.96 bits per heavy atom. The highest BCUT2D eigenvalue weighted by atomic mass is 16.6. The molecule has 0 saturated heterocycles. The van der Waals surface area contributed by atoms with Gasteiger partial charge in [-0.15, -0.1) is 10.2 Å². The van der Waals surface area contributed by atoms with Gasteiger partial charge in [0.2, 0.25) is 11.8 Å². The fourth-order valence-electron chi connectivity index (χ4n) is 1.63. The molecule has 0 atom stereocenters. The molecule has 9 nitrogen and oxygen atoms in total. The lowest BCUT2D eigenvalue weighted by molar-refractivity contribution is -0.384. The van der Waals surface area contributed by atoms with Crippen molar-refractivity contribution in [1.82, 2.24) is 15.5 Å². The lowest BCUT2D eigenvalue weighted by atomic mass is 10.2. The number of benzene rings is 1. The maximum Gasteiger partial charge on any atom is 0.408 e. The highest BCUT2D eigenvalue weighted by Gasteiger charge is 2.17. The van der Waals surface area contributed by atoms with Crippen LogP contribution in [-0.4, -0.2) is 26.8 Å². The number of hydrogen-bond acceptors (Lipinski definition) is 7. The third-order valence-electron chi connectivity index (χ3n) is 2.57. The predicted octanol–water partition coefficient (Wildman–Crippen LogP) is 2.67. The smallest absolute Gasteiger partial charge is 0.408 e. The van der Waals surface area contributed by atoms with Crippen LogP contribution < -0.4 is 5.32 Å². The molecule has 0 saturated carbocycles. The second kappa shape index (κ2) is 6.42. The molecule has 0 radical (unpaired) electrons. The summed E-state index contributed by atoms with van der Waals surface area (Å²) in [4.78, 5) is 21.6. The van der Waals surface area contributed by atoms with Crippen LogP contribution >= 0.6 is 0 Å². The Morgan fingerprint density at radius 3 is 2.52 bits per heavy atom. The number of alkyl carbamates (subject to hydrolysis) is 1. The van der Waals surface area contributed by atoms with E-state index in [0.717, 1.165) is 0 Å². The molecule has 0 aliphatic carbocycles. The number of ether oxygens (including phenoxy) is 1. The summed E-state index contributed by atoms with van der Waals surface area (Å²) in [5, 5.41) is 20.7. The lowest BCUT2D eigenvalue weighted by Gasteiger charge is -2.19.